The molecule has 5 nitrogen and oxygen atoms in total. The van der Waals surface area contributed by atoms with Gasteiger partial charge in [-0.3, -0.25) is 14.2 Å². The van der Waals surface area contributed by atoms with Crippen LogP contribution in [0.3, 0.4) is 0 Å². The van der Waals surface area contributed by atoms with Crippen LogP contribution in [0.2, 0.25) is 5.02 Å². The van der Waals surface area contributed by atoms with Gasteiger partial charge in [-0.1, -0.05) is 53.3 Å². The molecular formula is C23H19ClN2O3S. The second-order valence-electron chi connectivity index (χ2n) is 6.66. The normalized spacial score (nSPS) is 10.9. The molecular weight excluding hydrogens is 420 g/mol. The summed E-state index contributed by atoms with van der Waals surface area (Å²) in [6.07, 6.45) is 0. The molecule has 7 heteroatoms. The van der Waals surface area contributed by atoms with E-state index in [-0.39, 0.29) is 10.8 Å². The summed E-state index contributed by atoms with van der Waals surface area (Å²) in [6, 6.07) is 20.1. The average Bonchev–Trinajstić information content (AvgIpc) is 3.07. The molecule has 0 unspecified atom stereocenters. The zero-order chi connectivity index (χ0) is 21.1. The molecule has 0 radical (unpaired) electrons. The molecule has 1 N–H and O–H groups in total. The lowest BCUT2D eigenvalue weighted by molar-refractivity contribution is 0.102. The zero-order valence-corrected chi connectivity index (χ0v) is 17.8. The lowest BCUT2D eigenvalue weighted by atomic mass is 10.1. The van der Waals surface area contributed by atoms with Crippen molar-refractivity contribution in [1.29, 1.82) is 0 Å². The summed E-state index contributed by atoms with van der Waals surface area (Å²) in [5, 5.41) is 3.33. The van der Waals surface area contributed by atoms with E-state index in [2.05, 4.69) is 5.32 Å². The Labute approximate surface area is 182 Å². The molecule has 30 heavy (non-hydrogen) atoms. The van der Waals surface area contributed by atoms with E-state index in [1.807, 2.05) is 43.3 Å². The van der Waals surface area contributed by atoms with Crippen LogP contribution in [0.1, 0.15) is 22.8 Å². The number of rotatable bonds is 6. The SMILES string of the molecule is CCn1c(=O)sc2cc(NC(=O)c3cc(Cl)ccc3OCc3ccccc3)ccc21. The molecule has 0 saturated carbocycles. The van der Waals surface area contributed by atoms with Crippen LogP contribution in [0.25, 0.3) is 10.2 Å². The lowest BCUT2D eigenvalue weighted by Crippen LogP contribution is -2.14. The van der Waals surface area contributed by atoms with Crippen LogP contribution in [0.15, 0.2) is 71.5 Å². The van der Waals surface area contributed by atoms with Crippen molar-refractivity contribution in [1.82, 2.24) is 4.57 Å². The molecule has 0 bridgehead atoms. The van der Waals surface area contributed by atoms with Crippen molar-refractivity contribution in [2.75, 3.05) is 5.32 Å². The number of hydrogen-bond acceptors (Lipinski definition) is 4. The van der Waals surface area contributed by atoms with E-state index in [1.54, 1.807) is 34.9 Å². The number of nitrogens with one attached hydrogen (secondary N) is 1. The number of amides is 1. The van der Waals surface area contributed by atoms with Gasteiger partial charge in [-0.2, -0.15) is 0 Å². The maximum Gasteiger partial charge on any atom is 0.308 e. The molecule has 0 atom stereocenters. The minimum Gasteiger partial charge on any atom is -0.488 e. The minimum atomic E-state index is -0.331. The molecule has 0 fully saturated rings. The highest BCUT2D eigenvalue weighted by molar-refractivity contribution is 7.16. The number of carbonyl (C=O) groups excluding carboxylic acids is 1. The number of ether oxygens (including phenoxy) is 1. The Bertz CT molecular complexity index is 1260. The Morgan fingerprint density at radius 3 is 2.67 bits per heavy atom. The quantitative estimate of drug-likeness (QED) is 0.428. The van der Waals surface area contributed by atoms with Gasteiger partial charge in [0, 0.05) is 17.3 Å². The van der Waals surface area contributed by atoms with Gasteiger partial charge in [0.25, 0.3) is 5.91 Å². The maximum atomic E-state index is 12.9. The topological polar surface area (TPSA) is 60.3 Å². The van der Waals surface area contributed by atoms with Crippen LogP contribution in [0.5, 0.6) is 5.75 Å². The number of thiazole rings is 1. The second-order valence-corrected chi connectivity index (χ2v) is 8.09. The summed E-state index contributed by atoms with van der Waals surface area (Å²) in [4.78, 5) is 25.0. The number of nitrogens with zero attached hydrogens (tertiary/aromatic N) is 1. The summed E-state index contributed by atoms with van der Waals surface area (Å²) in [5.74, 6) is 0.116. The number of hydrogen-bond donors (Lipinski definition) is 1. The first-order chi connectivity index (χ1) is 14.5. The standard InChI is InChI=1S/C23H19ClN2O3S/c1-2-26-19-10-9-17(13-21(19)30-23(26)28)25-22(27)18-12-16(24)8-11-20(18)29-14-15-6-4-3-5-7-15/h3-13H,2,14H2,1H3,(H,25,27). The molecule has 0 aliphatic heterocycles. The summed E-state index contributed by atoms with van der Waals surface area (Å²) in [5.41, 5.74) is 2.81. The van der Waals surface area contributed by atoms with Gasteiger partial charge < -0.3 is 10.1 Å². The molecule has 4 aromatic rings. The molecule has 3 aromatic carbocycles. The highest BCUT2D eigenvalue weighted by atomic mass is 35.5. The van der Waals surface area contributed by atoms with Crippen molar-refractivity contribution in [2.24, 2.45) is 0 Å². The van der Waals surface area contributed by atoms with Crippen molar-refractivity contribution < 1.29 is 9.53 Å². The summed E-state index contributed by atoms with van der Waals surface area (Å²) >= 11 is 7.29. The third kappa shape index (κ3) is 4.25. The number of benzene rings is 3. The third-order valence-electron chi connectivity index (χ3n) is 4.67. The number of carbonyl (C=O) groups is 1. The van der Waals surface area contributed by atoms with E-state index in [4.69, 9.17) is 16.3 Å². The fourth-order valence-electron chi connectivity index (χ4n) is 3.18. The highest BCUT2D eigenvalue weighted by Crippen LogP contribution is 2.27. The number of aromatic nitrogens is 1. The molecule has 0 spiro atoms. The first-order valence-corrected chi connectivity index (χ1v) is 10.7. The Hall–Kier alpha value is -3.09. The largest absolute Gasteiger partial charge is 0.488 e. The van der Waals surface area contributed by atoms with Gasteiger partial charge in [0.2, 0.25) is 0 Å². The molecule has 0 aliphatic rings. The number of fused-ring (bicyclic) bond motifs is 1. The average molecular weight is 439 g/mol. The van der Waals surface area contributed by atoms with Gasteiger partial charge >= 0.3 is 4.87 Å². The Morgan fingerprint density at radius 1 is 1.10 bits per heavy atom. The van der Waals surface area contributed by atoms with E-state index < -0.39 is 0 Å². The summed E-state index contributed by atoms with van der Waals surface area (Å²) < 4.78 is 8.41. The number of halogens is 1. The Balaban J connectivity index is 1.57. The van der Waals surface area contributed by atoms with Gasteiger partial charge in [-0.25, -0.2) is 0 Å². The highest BCUT2D eigenvalue weighted by Gasteiger charge is 2.15. The summed E-state index contributed by atoms with van der Waals surface area (Å²) in [7, 11) is 0. The molecule has 152 valence electrons. The van der Waals surface area contributed by atoms with Gasteiger partial charge in [0.1, 0.15) is 12.4 Å². The van der Waals surface area contributed by atoms with E-state index in [0.717, 1.165) is 27.1 Å². The van der Waals surface area contributed by atoms with E-state index >= 15 is 0 Å². The van der Waals surface area contributed by atoms with Gasteiger partial charge in [0.05, 0.1) is 15.8 Å². The lowest BCUT2D eigenvalue weighted by Gasteiger charge is -2.12. The Morgan fingerprint density at radius 2 is 1.90 bits per heavy atom. The summed E-state index contributed by atoms with van der Waals surface area (Å²) in [6.45, 7) is 2.88. The van der Waals surface area contributed by atoms with Crippen LogP contribution in [-0.4, -0.2) is 10.5 Å². The zero-order valence-electron chi connectivity index (χ0n) is 16.2. The fourth-order valence-corrected chi connectivity index (χ4v) is 4.35. The maximum absolute atomic E-state index is 12.9. The van der Waals surface area contributed by atoms with Crippen LogP contribution >= 0.6 is 22.9 Å². The van der Waals surface area contributed by atoms with Gasteiger partial charge in [-0.15, -0.1) is 0 Å². The van der Waals surface area contributed by atoms with Crippen molar-refractivity contribution in [3.63, 3.8) is 0 Å². The third-order valence-corrected chi connectivity index (χ3v) is 5.84. The van der Waals surface area contributed by atoms with Crippen molar-refractivity contribution in [3.8, 4) is 5.75 Å². The van der Waals surface area contributed by atoms with Crippen molar-refractivity contribution >= 4 is 44.7 Å². The molecule has 1 heterocycles. The molecule has 0 aliphatic carbocycles. The van der Waals surface area contributed by atoms with Crippen LogP contribution in [-0.2, 0) is 13.2 Å². The van der Waals surface area contributed by atoms with Gasteiger partial charge in [-0.05, 0) is 48.9 Å². The van der Waals surface area contributed by atoms with Crippen LogP contribution < -0.4 is 14.9 Å². The smallest absolute Gasteiger partial charge is 0.308 e. The van der Waals surface area contributed by atoms with Crippen molar-refractivity contribution in [2.45, 2.75) is 20.1 Å². The number of anilines is 1. The monoisotopic (exact) mass is 438 g/mol. The molecule has 1 aromatic heterocycles. The van der Waals surface area contributed by atoms with Gasteiger partial charge in [0.15, 0.2) is 0 Å². The minimum absolute atomic E-state index is 0.0117. The van der Waals surface area contributed by atoms with Crippen LogP contribution in [0.4, 0.5) is 5.69 Å². The predicted octanol–water partition coefficient (Wildman–Crippen LogP) is 5.57. The first kappa shape index (κ1) is 20.2. The molecule has 0 saturated heterocycles. The first-order valence-electron chi connectivity index (χ1n) is 9.46. The molecule has 1 amide bonds. The fraction of sp³-hybridized carbons (Fsp3) is 0.130. The molecule has 4 rings (SSSR count). The second kappa shape index (κ2) is 8.73. The van der Waals surface area contributed by atoms with E-state index in [9.17, 15) is 9.59 Å². The van der Waals surface area contributed by atoms with E-state index in [1.165, 1.54) is 0 Å². The number of aryl methyl sites for hydroxylation is 1. The van der Waals surface area contributed by atoms with Crippen molar-refractivity contribution in [3.05, 3.63) is 92.5 Å². The predicted molar refractivity (Wildman–Crippen MR) is 122 cm³/mol. The van der Waals surface area contributed by atoms with Crippen LogP contribution in [0, 0.1) is 0 Å². The van der Waals surface area contributed by atoms with E-state index in [0.29, 0.717) is 35.2 Å². The Kier molecular flexibility index (Phi) is 5.88.